The van der Waals surface area contributed by atoms with Gasteiger partial charge >= 0.3 is 0 Å². The third kappa shape index (κ3) is 5.25. The Bertz CT molecular complexity index is 1460. The van der Waals surface area contributed by atoms with E-state index >= 15 is 0 Å². The summed E-state index contributed by atoms with van der Waals surface area (Å²) in [5, 5.41) is -0.0816. The number of rotatable bonds is 5. The molecule has 0 radical (unpaired) electrons. The molecule has 1 aromatic carbocycles. The molecule has 0 aliphatic rings. The molecule has 0 atom stereocenters. The van der Waals surface area contributed by atoms with Crippen LogP contribution in [-0.2, 0) is 12.0 Å². The fourth-order valence-electron chi connectivity index (χ4n) is 3.69. The van der Waals surface area contributed by atoms with Gasteiger partial charge in [-0.2, -0.15) is 4.98 Å². The lowest BCUT2D eigenvalue weighted by molar-refractivity contribution is 0.287. The molecule has 4 rings (SSSR count). The van der Waals surface area contributed by atoms with E-state index < -0.39 is 5.56 Å². The van der Waals surface area contributed by atoms with Crippen molar-refractivity contribution in [3.8, 4) is 22.8 Å². The third-order valence-electron chi connectivity index (χ3n) is 5.49. The predicted molar refractivity (Wildman–Crippen MR) is 137 cm³/mol. The Labute approximate surface area is 209 Å². The molecule has 0 saturated heterocycles. The van der Waals surface area contributed by atoms with Gasteiger partial charge in [-0.3, -0.25) is 14.3 Å². The van der Waals surface area contributed by atoms with E-state index in [0.717, 1.165) is 34.0 Å². The van der Waals surface area contributed by atoms with E-state index in [4.69, 9.17) is 21.3 Å². The molecule has 4 aromatic rings. The number of aromatic nitrogens is 5. The van der Waals surface area contributed by atoms with Crippen molar-refractivity contribution in [3.63, 3.8) is 0 Å². The first kappa shape index (κ1) is 24.5. The zero-order chi connectivity index (χ0) is 25.3. The smallest absolute Gasteiger partial charge is 0.280 e. The molecule has 0 bridgehead atoms. The number of halogens is 1. The zero-order valence-electron chi connectivity index (χ0n) is 20.8. The van der Waals surface area contributed by atoms with Crippen molar-refractivity contribution in [1.82, 2.24) is 24.5 Å². The minimum atomic E-state index is -0.404. The van der Waals surface area contributed by atoms with E-state index in [1.807, 2.05) is 62.5 Å². The lowest BCUT2D eigenvalue weighted by Gasteiger charge is -2.18. The Hall–Kier alpha value is -3.58. The van der Waals surface area contributed by atoms with Crippen molar-refractivity contribution in [1.29, 1.82) is 0 Å². The average Bonchev–Trinajstić information content (AvgIpc) is 2.80. The van der Waals surface area contributed by atoms with Crippen molar-refractivity contribution < 1.29 is 4.74 Å². The van der Waals surface area contributed by atoms with E-state index in [1.54, 1.807) is 6.92 Å². The molecule has 0 N–H and O–H groups in total. The lowest BCUT2D eigenvalue weighted by atomic mass is 9.95. The maximum absolute atomic E-state index is 13.2. The van der Waals surface area contributed by atoms with Gasteiger partial charge < -0.3 is 4.74 Å². The average molecular weight is 490 g/mol. The topological polar surface area (TPSA) is 82.8 Å². The van der Waals surface area contributed by atoms with Crippen molar-refractivity contribution in [2.75, 3.05) is 0 Å². The quantitative estimate of drug-likeness (QED) is 0.366. The Morgan fingerprint density at radius 2 is 1.74 bits per heavy atom. The second-order valence-corrected chi connectivity index (χ2v) is 9.88. The molecule has 3 aromatic heterocycles. The van der Waals surface area contributed by atoms with Gasteiger partial charge in [0.05, 0.1) is 17.1 Å². The van der Waals surface area contributed by atoms with Crippen molar-refractivity contribution in [3.05, 3.63) is 92.6 Å². The molecule has 0 saturated carbocycles. The van der Waals surface area contributed by atoms with Crippen molar-refractivity contribution >= 4 is 11.6 Å². The molecule has 0 fully saturated rings. The van der Waals surface area contributed by atoms with Gasteiger partial charge in [-0.1, -0.05) is 50.6 Å². The minimum absolute atomic E-state index is 0.0816. The zero-order valence-corrected chi connectivity index (χ0v) is 21.5. The standard InChI is InChI=1S/C27H28ClN5O2/c1-16-14-29-26(27(4,5)6)32-23(16)19-10-8-12-21(13-19)33-18(3)31-24(22(28)25(33)34)35-15-20-11-7-9-17(2)30-20/h7-14H,15H2,1-6H3. The molecule has 0 amide bonds. The number of hydrogen-bond donors (Lipinski definition) is 0. The van der Waals surface area contributed by atoms with Gasteiger partial charge in [0.15, 0.2) is 5.02 Å². The normalized spacial score (nSPS) is 11.5. The highest BCUT2D eigenvalue weighted by molar-refractivity contribution is 6.31. The number of pyridine rings is 1. The van der Waals surface area contributed by atoms with Gasteiger partial charge in [-0.05, 0) is 50.6 Å². The number of aryl methyl sites for hydroxylation is 3. The molecule has 35 heavy (non-hydrogen) atoms. The summed E-state index contributed by atoms with van der Waals surface area (Å²) in [5.74, 6) is 1.30. The van der Waals surface area contributed by atoms with Gasteiger partial charge in [-0.25, -0.2) is 9.97 Å². The maximum atomic E-state index is 13.2. The first-order valence-electron chi connectivity index (χ1n) is 11.3. The maximum Gasteiger partial charge on any atom is 0.280 e. The highest BCUT2D eigenvalue weighted by Gasteiger charge is 2.20. The number of benzene rings is 1. The van der Waals surface area contributed by atoms with Crippen molar-refractivity contribution in [2.24, 2.45) is 0 Å². The van der Waals surface area contributed by atoms with Gasteiger partial charge in [0.2, 0.25) is 5.88 Å². The summed E-state index contributed by atoms with van der Waals surface area (Å²) in [6, 6.07) is 13.3. The minimum Gasteiger partial charge on any atom is -0.470 e. The molecule has 0 spiro atoms. The lowest BCUT2D eigenvalue weighted by Crippen LogP contribution is -2.23. The SMILES string of the molecule is Cc1cccc(COc2nc(C)n(-c3cccc(-c4nc(C(C)(C)C)ncc4C)c3)c(=O)c2Cl)n1. The molecule has 180 valence electrons. The van der Waals surface area contributed by atoms with Crippen LogP contribution in [0, 0.1) is 20.8 Å². The fourth-order valence-corrected chi connectivity index (χ4v) is 3.87. The van der Waals surface area contributed by atoms with Crippen LogP contribution in [0.15, 0.2) is 53.5 Å². The number of ether oxygens (including phenoxy) is 1. The van der Waals surface area contributed by atoms with E-state index in [-0.39, 0.29) is 22.9 Å². The second kappa shape index (κ2) is 9.58. The highest BCUT2D eigenvalue weighted by atomic mass is 35.5. The first-order valence-corrected chi connectivity index (χ1v) is 11.7. The van der Waals surface area contributed by atoms with Crippen LogP contribution in [0.25, 0.3) is 16.9 Å². The van der Waals surface area contributed by atoms with E-state index in [1.165, 1.54) is 4.57 Å². The third-order valence-corrected chi connectivity index (χ3v) is 5.81. The van der Waals surface area contributed by atoms with E-state index in [2.05, 4.69) is 35.7 Å². The van der Waals surface area contributed by atoms with Crippen LogP contribution < -0.4 is 10.3 Å². The van der Waals surface area contributed by atoms with Gasteiger partial charge in [0, 0.05) is 22.9 Å². The van der Waals surface area contributed by atoms with Gasteiger partial charge in [-0.15, -0.1) is 0 Å². The van der Waals surface area contributed by atoms with Crippen molar-refractivity contribution in [2.45, 2.75) is 53.6 Å². The van der Waals surface area contributed by atoms with E-state index in [9.17, 15) is 4.79 Å². The molecular formula is C27H28ClN5O2. The van der Waals surface area contributed by atoms with Crippen LogP contribution in [0.4, 0.5) is 0 Å². The summed E-state index contributed by atoms with van der Waals surface area (Å²) in [5.41, 5.74) is 4.30. The Balaban J connectivity index is 1.71. The Morgan fingerprint density at radius 1 is 1.00 bits per heavy atom. The largest absolute Gasteiger partial charge is 0.470 e. The van der Waals surface area contributed by atoms with Crippen LogP contribution >= 0.6 is 11.6 Å². The van der Waals surface area contributed by atoms with Crippen LogP contribution in [0.2, 0.25) is 5.02 Å². The Kier molecular flexibility index (Phi) is 6.72. The van der Waals surface area contributed by atoms with E-state index in [0.29, 0.717) is 11.5 Å². The molecule has 8 heteroatoms. The predicted octanol–water partition coefficient (Wildman–Crippen LogP) is 5.54. The number of hydrogen-bond acceptors (Lipinski definition) is 6. The van der Waals surface area contributed by atoms with Gasteiger partial charge in [0.1, 0.15) is 18.3 Å². The monoisotopic (exact) mass is 489 g/mol. The summed E-state index contributed by atoms with van der Waals surface area (Å²) in [6.07, 6.45) is 1.83. The molecule has 0 unspecified atom stereocenters. The summed E-state index contributed by atoms with van der Waals surface area (Å²) < 4.78 is 7.23. The molecule has 0 aliphatic heterocycles. The Morgan fingerprint density at radius 3 is 2.46 bits per heavy atom. The first-order chi connectivity index (χ1) is 16.5. The van der Waals surface area contributed by atoms with Gasteiger partial charge in [0.25, 0.3) is 5.56 Å². The molecule has 0 aliphatic carbocycles. The van der Waals surface area contributed by atoms with Crippen LogP contribution in [-0.4, -0.2) is 24.5 Å². The molecule has 3 heterocycles. The summed E-state index contributed by atoms with van der Waals surface area (Å²) >= 11 is 6.41. The van der Waals surface area contributed by atoms with Crippen LogP contribution in [0.5, 0.6) is 5.88 Å². The number of nitrogens with zero attached hydrogens (tertiary/aromatic N) is 5. The summed E-state index contributed by atoms with van der Waals surface area (Å²) in [4.78, 5) is 31.4. The van der Waals surface area contributed by atoms with Crippen LogP contribution in [0.1, 0.15) is 49.4 Å². The van der Waals surface area contributed by atoms with Crippen LogP contribution in [0.3, 0.4) is 0 Å². The molecular weight excluding hydrogens is 462 g/mol. The summed E-state index contributed by atoms with van der Waals surface area (Å²) in [6.45, 7) is 12.0. The molecule has 7 nitrogen and oxygen atoms in total. The summed E-state index contributed by atoms with van der Waals surface area (Å²) in [7, 11) is 0. The fraction of sp³-hybridized carbons (Fsp3) is 0.296. The highest BCUT2D eigenvalue weighted by Crippen LogP contribution is 2.27. The second-order valence-electron chi connectivity index (χ2n) is 9.50.